The first-order chi connectivity index (χ1) is 8.18. The molecule has 2 rings (SSSR count). The van der Waals surface area contributed by atoms with Crippen molar-refractivity contribution in [3.05, 3.63) is 59.9 Å². The highest BCUT2D eigenvalue weighted by atomic mass is 15.1. The molecule has 1 atom stereocenters. The van der Waals surface area contributed by atoms with E-state index in [2.05, 4.69) is 28.1 Å². The van der Waals surface area contributed by atoms with Gasteiger partial charge in [0.2, 0.25) is 0 Å². The molecule has 0 bridgehead atoms. The second-order valence-electron chi connectivity index (χ2n) is 4.25. The van der Waals surface area contributed by atoms with Gasteiger partial charge >= 0.3 is 0 Å². The van der Waals surface area contributed by atoms with Crippen molar-refractivity contribution >= 4 is 5.69 Å². The van der Waals surface area contributed by atoms with E-state index in [1.807, 2.05) is 32.3 Å². The summed E-state index contributed by atoms with van der Waals surface area (Å²) >= 11 is 0. The number of anilines is 1. The predicted molar refractivity (Wildman–Crippen MR) is 71.0 cm³/mol. The summed E-state index contributed by atoms with van der Waals surface area (Å²) in [6.07, 6.45) is 3.54. The lowest BCUT2D eigenvalue weighted by Gasteiger charge is -2.17. The van der Waals surface area contributed by atoms with Crippen LogP contribution < -0.4 is 10.6 Å². The minimum Gasteiger partial charge on any atom is -0.378 e. The van der Waals surface area contributed by atoms with Gasteiger partial charge in [0.05, 0.1) is 6.04 Å². The monoisotopic (exact) mass is 227 g/mol. The molecule has 1 aromatic carbocycles. The highest BCUT2D eigenvalue weighted by molar-refractivity contribution is 5.49. The Morgan fingerprint density at radius 1 is 1.06 bits per heavy atom. The van der Waals surface area contributed by atoms with Crippen LogP contribution in [0.4, 0.5) is 5.69 Å². The highest BCUT2D eigenvalue weighted by Gasteiger charge is 2.09. The maximum absolute atomic E-state index is 6.24. The predicted octanol–water partition coefficient (Wildman–Crippen LogP) is 2.20. The Bertz CT molecular complexity index is 480. The van der Waals surface area contributed by atoms with Crippen LogP contribution in [0.2, 0.25) is 0 Å². The zero-order chi connectivity index (χ0) is 12.3. The maximum Gasteiger partial charge on any atom is 0.0553 e. The Hall–Kier alpha value is -1.87. The highest BCUT2D eigenvalue weighted by Crippen LogP contribution is 2.22. The van der Waals surface area contributed by atoms with E-state index >= 15 is 0 Å². The Morgan fingerprint density at radius 3 is 2.41 bits per heavy atom. The normalized spacial score (nSPS) is 12.2. The van der Waals surface area contributed by atoms with Crippen LogP contribution in [0.25, 0.3) is 0 Å². The second kappa shape index (κ2) is 4.97. The van der Waals surface area contributed by atoms with Crippen LogP contribution in [0.15, 0.2) is 48.8 Å². The summed E-state index contributed by atoms with van der Waals surface area (Å²) in [5.74, 6) is 0. The topological polar surface area (TPSA) is 42.1 Å². The van der Waals surface area contributed by atoms with E-state index in [-0.39, 0.29) is 6.04 Å². The summed E-state index contributed by atoms with van der Waals surface area (Å²) in [5, 5.41) is 0. The van der Waals surface area contributed by atoms with Crippen LogP contribution in [-0.4, -0.2) is 19.1 Å². The van der Waals surface area contributed by atoms with Crippen molar-refractivity contribution in [3.8, 4) is 0 Å². The van der Waals surface area contributed by atoms with Gasteiger partial charge in [-0.05, 0) is 35.4 Å². The molecular weight excluding hydrogens is 210 g/mol. The number of aromatic nitrogens is 1. The molecule has 0 fully saturated rings. The van der Waals surface area contributed by atoms with Crippen molar-refractivity contribution in [3.63, 3.8) is 0 Å². The van der Waals surface area contributed by atoms with Gasteiger partial charge in [-0.15, -0.1) is 0 Å². The standard InChI is InChI=1S/C14H17N3/c1-17(2)13-5-3-4-12(10-13)14(15)11-6-8-16-9-7-11/h3-10,14H,15H2,1-2H3. The van der Waals surface area contributed by atoms with Gasteiger partial charge in [-0.3, -0.25) is 4.98 Å². The second-order valence-corrected chi connectivity index (χ2v) is 4.25. The summed E-state index contributed by atoms with van der Waals surface area (Å²) in [6, 6.07) is 12.1. The van der Waals surface area contributed by atoms with E-state index in [1.165, 1.54) is 0 Å². The Kier molecular flexibility index (Phi) is 3.40. The molecule has 2 N–H and O–H groups in total. The van der Waals surface area contributed by atoms with E-state index in [4.69, 9.17) is 5.73 Å². The van der Waals surface area contributed by atoms with Crippen molar-refractivity contribution in [1.82, 2.24) is 4.98 Å². The van der Waals surface area contributed by atoms with E-state index < -0.39 is 0 Å². The molecule has 2 aromatic rings. The van der Waals surface area contributed by atoms with Crippen molar-refractivity contribution in [1.29, 1.82) is 0 Å². The third-order valence-corrected chi connectivity index (χ3v) is 2.81. The van der Waals surface area contributed by atoms with E-state index in [1.54, 1.807) is 12.4 Å². The molecule has 3 heteroatoms. The van der Waals surface area contributed by atoms with Crippen LogP contribution in [0.1, 0.15) is 17.2 Å². The van der Waals surface area contributed by atoms with E-state index in [0.717, 1.165) is 16.8 Å². The van der Waals surface area contributed by atoms with Crippen LogP contribution in [-0.2, 0) is 0 Å². The molecular formula is C14H17N3. The largest absolute Gasteiger partial charge is 0.378 e. The van der Waals surface area contributed by atoms with Crippen LogP contribution >= 0.6 is 0 Å². The minimum atomic E-state index is -0.0992. The van der Waals surface area contributed by atoms with Gasteiger partial charge < -0.3 is 10.6 Å². The number of hydrogen-bond acceptors (Lipinski definition) is 3. The van der Waals surface area contributed by atoms with Crippen LogP contribution in [0.3, 0.4) is 0 Å². The molecule has 0 aliphatic rings. The summed E-state index contributed by atoms with van der Waals surface area (Å²) in [5.41, 5.74) is 9.59. The fraction of sp³-hybridized carbons (Fsp3) is 0.214. The molecule has 3 nitrogen and oxygen atoms in total. The van der Waals surface area contributed by atoms with Crippen molar-refractivity contribution in [2.24, 2.45) is 5.73 Å². The van der Waals surface area contributed by atoms with Crippen molar-refractivity contribution < 1.29 is 0 Å². The zero-order valence-corrected chi connectivity index (χ0v) is 10.2. The molecule has 0 saturated heterocycles. The summed E-state index contributed by atoms with van der Waals surface area (Å²) in [7, 11) is 4.05. The molecule has 88 valence electrons. The number of nitrogens with zero attached hydrogens (tertiary/aromatic N) is 2. The quantitative estimate of drug-likeness (QED) is 0.874. The molecule has 1 heterocycles. The first-order valence-electron chi connectivity index (χ1n) is 5.61. The third kappa shape index (κ3) is 2.63. The Balaban J connectivity index is 2.31. The SMILES string of the molecule is CN(C)c1cccc(C(N)c2ccncc2)c1. The molecule has 0 aliphatic carbocycles. The summed E-state index contributed by atoms with van der Waals surface area (Å²) in [4.78, 5) is 6.08. The first kappa shape index (κ1) is 11.6. The maximum atomic E-state index is 6.24. The summed E-state index contributed by atoms with van der Waals surface area (Å²) in [6.45, 7) is 0. The molecule has 0 saturated carbocycles. The average molecular weight is 227 g/mol. The number of hydrogen-bond donors (Lipinski definition) is 1. The van der Waals surface area contributed by atoms with Crippen molar-refractivity contribution in [2.75, 3.05) is 19.0 Å². The van der Waals surface area contributed by atoms with Gasteiger partial charge in [-0.1, -0.05) is 12.1 Å². The molecule has 0 spiro atoms. The number of pyridine rings is 1. The Labute approximate surface area is 102 Å². The summed E-state index contributed by atoms with van der Waals surface area (Å²) < 4.78 is 0. The van der Waals surface area contributed by atoms with Gasteiger partial charge in [0.15, 0.2) is 0 Å². The lowest BCUT2D eigenvalue weighted by atomic mass is 10.00. The lowest BCUT2D eigenvalue weighted by molar-refractivity contribution is 0.866. The number of nitrogens with two attached hydrogens (primary N) is 1. The molecule has 1 aromatic heterocycles. The first-order valence-corrected chi connectivity index (χ1v) is 5.61. The van der Waals surface area contributed by atoms with Gasteiger partial charge in [-0.25, -0.2) is 0 Å². The lowest BCUT2D eigenvalue weighted by Crippen LogP contribution is -2.14. The fourth-order valence-electron chi connectivity index (χ4n) is 1.76. The molecule has 0 amide bonds. The smallest absolute Gasteiger partial charge is 0.0553 e. The van der Waals surface area contributed by atoms with Crippen LogP contribution in [0.5, 0.6) is 0 Å². The van der Waals surface area contributed by atoms with E-state index in [0.29, 0.717) is 0 Å². The average Bonchev–Trinajstić information content (AvgIpc) is 2.39. The van der Waals surface area contributed by atoms with Gasteiger partial charge in [-0.2, -0.15) is 0 Å². The minimum absolute atomic E-state index is 0.0992. The van der Waals surface area contributed by atoms with Gasteiger partial charge in [0, 0.05) is 32.2 Å². The van der Waals surface area contributed by atoms with Crippen molar-refractivity contribution in [2.45, 2.75) is 6.04 Å². The van der Waals surface area contributed by atoms with Gasteiger partial charge in [0.25, 0.3) is 0 Å². The number of rotatable bonds is 3. The number of benzene rings is 1. The molecule has 1 unspecified atom stereocenters. The molecule has 0 aliphatic heterocycles. The van der Waals surface area contributed by atoms with Crippen LogP contribution in [0, 0.1) is 0 Å². The third-order valence-electron chi connectivity index (χ3n) is 2.81. The zero-order valence-electron chi connectivity index (χ0n) is 10.2. The Morgan fingerprint density at radius 2 is 1.76 bits per heavy atom. The van der Waals surface area contributed by atoms with Gasteiger partial charge in [0.1, 0.15) is 0 Å². The fourth-order valence-corrected chi connectivity index (χ4v) is 1.76. The molecule has 17 heavy (non-hydrogen) atoms. The molecule has 0 radical (unpaired) electrons. The van der Waals surface area contributed by atoms with E-state index in [9.17, 15) is 0 Å².